The first-order valence-electron chi connectivity index (χ1n) is 11.4. The Morgan fingerprint density at radius 3 is 2.26 bits per heavy atom. The summed E-state index contributed by atoms with van der Waals surface area (Å²) in [6, 6.07) is 5.89. The van der Waals surface area contributed by atoms with E-state index in [1.54, 1.807) is 10.6 Å². The summed E-state index contributed by atoms with van der Waals surface area (Å²) in [4.78, 5) is 22.0. The molecule has 0 radical (unpaired) electrons. The van der Waals surface area contributed by atoms with Gasteiger partial charge >= 0.3 is 0 Å². The van der Waals surface area contributed by atoms with Crippen LogP contribution in [-0.4, -0.2) is 45.5 Å². The number of anilines is 2. The molecule has 2 aliphatic heterocycles. The SMILES string of the molecule is CC(c1cnn(-c2cncc(N3CCCC3)c2)c1)n1ccc(N2CCCCC2)cc1=O. The molecule has 0 aliphatic carbocycles. The Morgan fingerprint density at radius 2 is 1.52 bits per heavy atom. The van der Waals surface area contributed by atoms with Gasteiger partial charge in [-0.05, 0) is 51.2 Å². The van der Waals surface area contributed by atoms with Crippen molar-refractivity contribution in [2.75, 3.05) is 36.0 Å². The number of hydrogen-bond donors (Lipinski definition) is 0. The Hall–Kier alpha value is -3.09. The summed E-state index contributed by atoms with van der Waals surface area (Å²) in [5.74, 6) is 0. The summed E-state index contributed by atoms with van der Waals surface area (Å²) in [6.45, 7) is 6.29. The van der Waals surface area contributed by atoms with Crippen molar-refractivity contribution in [2.24, 2.45) is 0 Å². The number of hydrogen-bond acceptors (Lipinski definition) is 5. The van der Waals surface area contributed by atoms with Gasteiger partial charge in [-0.15, -0.1) is 0 Å². The summed E-state index contributed by atoms with van der Waals surface area (Å²) >= 11 is 0. The van der Waals surface area contributed by atoms with Crippen LogP contribution in [-0.2, 0) is 0 Å². The van der Waals surface area contributed by atoms with Crippen LogP contribution in [0.25, 0.3) is 5.69 Å². The van der Waals surface area contributed by atoms with E-state index in [1.165, 1.54) is 32.1 Å². The predicted molar refractivity (Wildman–Crippen MR) is 123 cm³/mol. The van der Waals surface area contributed by atoms with E-state index in [0.717, 1.165) is 48.8 Å². The van der Waals surface area contributed by atoms with Crippen LogP contribution in [0.5, 0.6) is 0 Å². The van der Waals surface area contributed by atoms with Gasteiger partial charge in [0.2, 0.25) is 0 Å². The zero-order chi connectivity index (χ0) is 21.2. The molecule has 2 aliphatic rings. The number of nitrogens with zero attached hydrogens (tertiary/aromatic N) is 6. The van der Waals surface area contributed by atoms with E-state index in [0.29, 0.717) is 0 Å². The fourth-order valence-corrected chi connectivity index (χ4v) is 4.69. The molecule has 5 rings (SSSR count). The second kappa shape index (κ2) is 8.57. The molecule has 1 atom stereocenters. The molecule has 2 saturated heterocycles. The molecule has 0 amide bonds. The van der Waals surface area contributed by atoms with Crippen LogP contribution in [0.15, 0.2) is 54.0 Å². The molecule has 31 heavy (non-hydrogen) atoms. The Balaban J connectivity index is 1.36. The lowest BCUT2D eigenvalue weighted by molar-refractivity contribution is 0.573. The van der Waals surface area contributed by atoms with Gasteiger partial charge in [0.05, 0.1) is 36.0 Å². The Bertz CT molecular complexity index is 1090. The van der Waals surface area contributed by atoms with Gasteiger partial charge < -0.3 is 14.4 Å². The van der Waals surface area contributed by atoms with Crippen molar-refractivity contribution < 1.29 is 0 Å². The third kappa shape index (κ3) is 4.09. The first-order chi connectivity index (χ1) is 15.2. The second-order valence-electron chi connectivity index (χ2n) is 8.67. The zero-order valence-corrected chi connectivity index (χ0v) is 18.2. The Labute approximate surface area is 182 Å². The molecular formula is C24H30N6O. The van der Waals surface area contributed by atoms with Crippen molar-refractivity contribution in [3.63, 3.8) is 0 Å². The molecule has 0 spiro atoms. The highest BCUT2D eigenvalue weighted by Gasteiger charge is 2.17. The van der Waals surface area contributed by atoms with Crippen LogP contribution in [0.3, 0.4) is 0 Å². The van der Waals surface area contributed by atoms with Crippen molar-refractivity contribution in [2.45, 2.75) is 45.1 Å². The minimum Gasteiger partial charge on any atom is -0.371 e. The maximum atomic E-state index is 12.9. The molecule has 2 fully saturated rings. The number of pyridine rings is 2. The predicted octanol–water partition coefficient (Wildman–Crippen LogP) is 3.63. The first kappa shape index (κ1) is 19.8. The molecule has 5 heterocycles. The zero-order valence-electron chi connectivity index (χ0n) is 18.2. The maximum absolute atomic E-state index is 12.9. The molecule has 7 heteroatoms. The molecule has 0 saturated carbocycles. The van der Waals surface area contributed by atoms with Crippen molar-refractivity contribution in [3.05, 3.63) is 65.1 Å². The van der Waals surface area contributed by atoms with Crippen molar-refractivity contribution in [1.82, 2.24) is 19.3 Å². The molecule has 7 nitrogen and oxygen atoms in total. The highest BCUT2D eigenvalue weighted by Crippen LogP contribution is 2.24. The summed E-state index contributed by atoms with van der Waals surface area (Å²) in [5.41, 5.74) is 4.15. The van der Waals surface area contributed by atoms with Crippen LogP contribution >= 0.6 is 0 Å². The lowest BCUT2D eigenvalue weighted by atomic mass is 10.1. The van der Waals surface area contributed by atoms with Gasteiger partial charge in [-0.3, -0.25) is 9.78 Å². The van der Waals surface area contributed by atoms with Gasteiger partial charge in [0.25, 0.3) is 5.56 Å². The fraction of sp³-hybridized carbons (Fsp3) is 0.458. The number of rotatable bonds is 5. The van der Waals surface area contributed by atoms with Crippen LogP contribution in [0.4, 0.5) is 11.4 Å². The van der Waals surface area contributed by atoms with Crippen LogP contribution < -0.4 is 15.4 Å². The van der Waals surface area contributed by atoms with E-state index in [-0.39, 0.29) is 11.6 Å². The van der Waals surface area contributed by atoms with E-state index in [9.17, 15) is 4.79 Å². The maximum Gasteiger partial charge on any atom is 0.253 e. The average Bonchev–Trinajstić information content (AvgIpc) is 3.52. The van der Waals surface area contributed by atoms with Gasteiger partial charge in [0.15, 0.2) is 0 Å². The smallest absolute Gasteiger partial charge is 0.253 e. The van der Waals surface area contributed by atoms with Crippen LogP contribution in [0, 0.1) is 0 Å². The highest BCUT2D eigenvalue weighted by atomic mass is 16.1. The highest BCUT2D eigenvalue weighted by molar-refractivity contribution is 5.51. The van der Waals surface area contributed by atoms with E-state index in [2.05, 4.69) is 32.0 Å². The van der Waals surface area contributed by atoms with Gasteiger partial charge in [-0.1, -0.05) is 0 Å². The second-order valence-corrected chi connectivity index (χ2v) is 8.67. The van der Waals surface area contributed by atoms with E-state index < -0.39 is 0 Å². The van der Waals surface area contributed by atoms with Crippen molar-refractivity contribution in [3.8, 4) is 5.69 Å². The van der Waals surface area contributed by atoms with E-state index in [4.69, 9.17) is 0 Å². The van der Waals surface area contributed by atoms with Crippen LogP contribution in [0.2, 0.25) is 0 Å². The largest absolute Gasteiger partial charge is 0.371 e. The van der Waals surface area contributed by atoms with E-state index >= 15 is 0 Å². The molecular weight excluding hydrogens is 388 g/mol. The van der Waals surface area contributed by atoms with E-state index in [1.807, 2.05) is 42.6 Å². The number of piperidine rings is 1. The molecule has 162 valence electrons. The minimum absolute atomic E-state index is 0.0287. The molecule has 0 aromatic carbocycles. The molecule has 1 unspecified atom stereocenters. The third-order valence-electron chi connectivity index (χ3n) is 6.60. The van der Waals surface area contributed by atoms with Crippen LogP contribution in [0.1, 0.15) is 50.6 Å². The lowest BCUT2D eigenvalue weighted by Crippen LogP contribution is -2.31. The van der Waals surface area contributed by atoms with Crippen molar-refractivity contribution in [1.29, 1.82) is 0 Å². The van der Waals surface area contributed by atoms with Gasteiger partial charge in [0, 0.05) is 55.9 Å². The third-order valence-corrected chi connectivity index (χ3v) is 6.60. The van der Waals surface area contributed by atoms with Gasteiger partial charge in [-0.25, -0.2) is 4.68 Å². The summed E-state index contributed by atoms with van der Waals surface area (Å²) in [5, 5.41) is 4.56. The summed E-state index contributed by atoms with van der Waals surface area (Å²) < 4.78 is 3.64. The Kier molecular flexibility index (Phi) is 5.49. The standard InChI is InChI=1S/C24H30N6O/c1-19(29-12-7-21(14-24(29)31)27-8-3-2-4-9-27)20-15-26-30(18-20)23-13-22(16-25-17-23)28-10-5-6-11-28/h7,12-19H,2-6,8-11H2,1H3. The Morgan fingerprint density at radius 1 is 0.839 bits per heavy atom. The average molecular weight is 419 g/mol. The fourth-order valence-electron chi connectivity index (χ4n) is 4.69. The monoisotopic (exact) mass is 418 g/mol. The molecule has 0 bridgehead atoms. The molecule has 3 aromatic heterocycles. The lowest BCUT2D eigenvalue weighted by Gasteiger charge is -2.29. The quantitative estimate of drug-likeness (QED) is 0.633. The normalized spacial score (nSPS) is 17.8. The molecule has 3 aromatic rings. The van der Waals surface area contributed by atoms with Gasteiger partial charge in [0.1, 0.15) is 0 Å². The minimum atomic E-state index is -0.0913. The van der Waals surface area contributed by atoms with Gasteiger partial charge in [-0.2, -0.15) is 5.10 Å². The van der Waals surface area contributed by atoms with Crippen molar-refractivity contribution >= 4 is 11.4 Å². The number of aromatic nitrogens is 4. The first-order valence-corrected chi connectivity index (χ1v) is 11.4. The summed E-state index contributed by atoms with van der Waals surface area (Å²) in [6.07, 6.45) is 15.7. The summed E-state index contributed by atoms with van der Waals surface area (Å²) in [7, 11) is 0. The molecule has 0 N–H and O–H groups in total. The topological polar surface area (TPSA) is 59.2 Å².